The largest absolute Gasteiger partial charge is 0.508 e. The molecule has 0 fully saturated rings. The summed E-state index contributed by atoms with van der Waals surface area (Å²) in [5.74, 6) is -0.605. The molecule has 0 amide bonds. The molecule has 0 aliphatic carbocycles. The summed E-state index contributed by atoms with van der Waals surface area (Å²) in [6.07, 6.45) is 19.2. The number of benzene rings is 1. The van der Waals surface area contributed by atoms with Crippen LogP contribution in [0.25, 0.3) is 0 Å². The van der Waals surface area contributed by atoms with E-state index in [1.807, 2.05) is 0 Å². The summed E-state index contributed by atoms with van der Waals surface area (Å²) in [4.78, 5) is 11.7. The maximum Gasteiger partial charge on any atom is 0.342 e. The number of ether oxygens (including phenoxy) is 2. The minimum absolute atomic E-state index is 0.000482. The number of aromatic hydroxyl groups is 1. The van der Waals surface area contributed by atoms with Gasteiger partial charge >= 0.3 is 5.97 Å². The number of carbonyl (C=O) groups is 1. The summed E-state index contributed by atoms with van der Waals surface area (Å²) in [6.45, 7) is 2.00. The van der Waals surface area contributed by atoms with Crippen molar-refractivity contribution in [1.82, 2.24) is 0 Å². The molecule has 1 unspecified atom stereocenters. The van der Waals surface area contributed by atoms with Crippen molar-refractivity contribution in [3.63, 3.8) is 0 Å². The van der Waals surface area contributed by atoms with E-state index < -0.39 is 18.7 Å². The van der Waals surface area contributed by atoms with Crippen molar-refractivity contribution in [2.75, 3.05) is 13.2 Å². The Morgan fingerprint density at radius 3 is 1.76 bits per heavy atom. The number of carbonyl (C=O) groups excluding carboxylic acids is 1. The number of aliphatic hydroxyl groups is 2. The summed E-state index contributed by atoms with van der Waals surface area (Å²) in [5.41, 5.74) is 0. The highest BCUT2D eigenvalue weighted by molar-refractivity contribution is 5.77. The minimum atomic E-state index is -1.60. The smallest absolute Gasteiger partial charge is 0.342 e. The molecule has 0 spiro atoms. The van der Waals surface area contributed by atoms with Gasteiger partial charge in [0.05, 0.1) is 13.2 Å². The van der Waals surface area contributed by atoms with Crippen molar-refractivity contribution in [3.05, 3.63) is 18.2 Å². The molecule has 0 saturated heterocycles. The molecule has 0 aliphatic heterocycles. The first-order valence-electron chi connectivity index (χ1n) is 13.0. The van der Waals surface area contributed by atoms with Gasteiger partial charge in [0.2, 0.25) is 0 Å². The molecule has 0 radical (unpaired) electrons. The van der Waals surface area contributed by atoms with Crippen LogP contribution in [0, 0.1) is 0 Å². The van der Waals surface area contributed by atoms with Crippen molar-refractivity contribution in [3.8, 4) is 17.2 Å². The number of hydrogen-bond acceptors (Lipinski definition) is 6. The SMILES string of the molecule is CCCCCCCCCCCCCCCCCCOc1cc(O)ccc1OC(=O)C(O)CO. The standard InChI is InChI=1S/C27H46O6/c1-2-3-4-5-6-7-8-9-10-11-12-13-14-15-16-17-20-32-26-21-23(29)18-19-25(26)33-27(31)24(30)22-28/h18-19,21,24,28-30H,2-17,20,22H2,1H3. The quantitative estimate of drug-likeness (QED) is 0.112. The highest BCUT2D eigenvalue weighted by Crippen LogP contribution is 2.31. The highest BCUT2D eigenvalue weighted by atomic mass is 16.6. The van der Waals surface area contributed by atoms with E-state index in [1.165, 1.54) is 108 Å². The average molecular weight is 467 g/mol. The van der Waals surface area contributed by atoms with E-state index >= 15 is 0 Å². The molecule has 0 aliphatic rings. The van der Waals surface area contributed by atoms with Gasteiger partial charge in [-0.1, -0.05) is 103 Å². The Hall–Kier alpha value is -1.79. The van der Waals surface area contributed by atoms with E-state index in [-0.39, 0.29) is 17.2 Å². The lowest BCUT2D eigenvalue weighted by atomic mass is 10.0. The monoisotopic (exact) mass is 466 g/mol. The first-order valence-corrected chi connectivity index (χ1v) is 13.0. The summed E-state index contributed by atoms with van der Waals surface area (Å²) >= 11 is 0. The molecule has 1 aromatic carbocycles. The topological polar surface area (TPSA) is 96.2 Å². The number of aliphatic hydroxyl groups excluding tert-OH is 2. The maximum atomic E-state index is 11.7. The van der Waals surface area contributed by atoms with E-state index in [2.05, 4.69) is 6.92 Å². The maximum absolute atomic E-state index is 11.7. The molecule has 33 heavy (non-hydrogen) atoms. The van der Waals surface area contributed by atoms with Crippen LogP contribution in [0.4, 0.5) is 0 Å². The van der Waals surface area contributed by atoms with Gasteiger partial charge in [0.1, 0.15) is 5.75 Å². The zero-order chi connectivity index (χ0) is 24.2. The van der Waals surface area contributed by atoms with E-state index in [9.17, 15) is 15.0 Å². The third-order valence-corrected chi connectivity index (χ3v) is 5.84. The van der Waals surface area contributed by atoms with Crippen LogP contribution < -0.4 is 9.47 Å². The fourth-order valence-electron chi connectivity index (χ4n) is 3.78. The van der Waals surface area contributed by atoms with Crippen LogP contribution in [0.1, 0.15) is 110 Å². The second-order valence-corrected chi connectivity index (χ2v) is 8.90. The van der Waals surface area contributed by atoms with Crippen LogP contribution in [0.5, 0.6) is 17.2 Å². The van der Waals surface area contributed by atoms with Gasteiger partial charge in [-0.3, -0.25) is 0 Å². The number of hydrogen-bond donors (Lipinski definition) is 3. The van der Waals surface area contributed by atoms with Gasteiger partial charge in [0.25, 0.3) is 0 Å². The lowest BCUT2D eigenvalue weighted by Crippen LogP contribution is -2.28. The molecule has 1 rings (SSSR count). The van der Waals surface area contributed by atoms with Gasteiger partial charge in [-0.15, -0.1) is 0 Å². The Labute approximate surface area is 200 Å². The van der Waals surface area contributed by atoms with Crippen molar-refractivity contribution in [1.29, 1.82) is 0 Å². The predicted molar refractivity (Wildman–Crippen MR) is 132 cm³/mol. The molecular formula is C27H46O6. The Balaban J connectivity index is 2.02. The molecule has 1 atom stereocenters. The van der Waals surface area contributed by atoms with Gasteiger partial charge in [-0.2, -0.15) is 0 Å². The van der Waals surface area contributed by atoms with Crippen LogP contribution >= 0.6 is 0 Å². The molecule has 0 aromatic heterocycles. The third-order valence-electron chi connectivity index (χ3n) is 5.84. The predicted octanol–water partition coefficient (Wildman–Crippen LogP) is 6.29. The molecule has 6 nitrogen and oxygen atoms in total. The number of phenolic OH excluding ortho intramolecular Hbond substituents is 1. The van der Waals surface area contributed by atoms with Gasteiger partial charge in [0, 0.05) is 6.07 Å². The molecular weight excluding hydrogens is 420 g/mol. The second-order valence-electron chi connectivity index (χ2n) is 8.90. The van der Waals surface area contributed by atoms with Crippen LogP contribution in [0.2, 0.25) is 0 Å². The summed E-state index contributed by atoms with van der Waals surface area (Å²) in [6, 6.07) is 4.15. The highest BCUT2D eigenvalue weighted by Gasteiger charge is 2.18. The lowest BCUT2D eigenvalue weighted by molar-refractivity contribution is -0.145. The fourth-order valence-corrected chi connectivity index (χ4v) is 3.78. The van der Waals surface area contributed by atoms with Crippen molar-refractivity contribution in [2.45, 2.75) is 116 Å². The zero-order valence-corrected chi connectivity index (χ0v) is 20.6. The minimum Gasteiger partial charge on any atom is -0.508 e. The number of rotatable bonds is 21. The summed E-state index contributed by atoms with van der Waals surface area (Å²) in [7, 11) is 0. The van der Waals surface area contributed by atoms with Crippen LogP contribution in [-0.2, 0) is 4.79 Å². The molecule has 0 heterocycles. The Kier molecular flexibility index (Phi) is 17.4. The third kappa shape index (κ3) is 14.9. The van der Waals surface area contributed by atoms with Gasteiger partial charge in [-0.25, -0.2) is 4.79 Å². The summed E-state index contributed by atoms with van der Waals surface area (Å²) in [5, 5.41) is 27.9. The molecule has 1 aromatic rings. The molecule has 0 saturated carbocycles. The van der Waals surface area contributed by atoms with Crippen LogP contribution in [-0.4, -0.2) is 40.6 Å². The zero-order valence-electron chi connectivity index (χ0n) is 20.6. The lowest BCUT2D eigenvalue weighted by Gasteiger charge is -2.13. The van der Waals surface area contributed by atoms with Crippen molar-refractivity contribution in [2.24, 2.45) is 0 Å². The second kappa shape index (κ2) is 19.7. The molecule has 190 valence electrons. The van der Waals surface area contributed by atoms with Gasteiger partial charge < -0.3 is 24.8 Å². The molecule has 6 heteroatoms. The summed E-state index contributed by atoms with van der Waals surface area (Å²) < 4.78 is 10.7. The van der Waals surface area contributed by atoms with E-state index in [0.717, 1.165) is 12.8 Å². The van der Waals surface area contributed by atoms with Gasteiger partial charge in [-0.05, 0) is 18.6 Å². The number of esters is 1. The van der Waals surface area contributed by atoms with Crippen molar-refractivity contribution < 1.29 is 29.6 Å². The van der Waals surface area contributed by atoms with Gasteiger partial charge in [0.15, 0.2) is 17.6 Å². The molecule has 0 bridgehead atoms. The Morgan fingerprint density at radius 1 is 0.788 bits per heavy atom. The fraction of sp³-hybridized carbons (Fsp3) is 0.741. The van der Waals surface area contributed by atoms with E-state index in [1.54, 1.807) is 0 Å². The normalized spacial score (nSPS) is 12.0. The van der Waals surface area contributed by atoms with Crippen LogP contribution in [0.15, 0.2) is 18.2 Å². The number of unbranched alkanes of at least 4 members (excludes halogenated alkanes) is 15. The molecule has 3 N–H and O–H groups in total. The average Bonchev–Trinajstić information content (AvgIpc) is 2.82. The van der Waals surface area contributed by atoms with E-state index in [4.69, 9.17) is 14.6 Å². The van der Waals surface area contributed by atoms with Crippen LogP contribution in [0.3, 0.4) is 0 Å². The Bertz CT molecular complexity index is 619. The Morgan fingerprint density at radius 2 is 1.27 bits per heavy atom. The van der Waals surface area contributed by atoms with Crippen molar-refractivity contribution >= 4 is 5.97 Å². The first kappa shape index (κ1) is 29.2. The first-order chi connectivity index (χ1) is 16.1. The number of phenols is 1. The van der Waals surface area contributed by atoms with E-state index in [0.29, 0.717) is 6.61 Å².